The Bertz CT molecular complexity index is 325. The summed E-state index contributed by atoms with van der Waals surface area (Å²) >= 11 is 1.90. The second kappa shape index (κ2) is 4.50. The molecule has 0 saturated heterocycles. The first kappa shape index (κ1) is 10.4. The minimum Gasteiger partial charge on any atom is -0.369 e. The first-order valence-corrected chi connectivity index (χ1v) is 4.69. The maximum Gasteiger partial charge on any atom is 0.154 e. The van der Waals surface area contributed by atoms with Crippen molar-refractivity contribution in [3.63, 3.8) is 0 Å². The number of aromatic nitrogens is 1. The number of aliphatic imine (C=N–C) groups is 1. The van der Waals surface area contributed by atoms with Crippen molar-refractivity contribution in [1.29, 1.82) is 0 Å². The van der Waals surface area contributed by atoms with Crippen LogP contribution in [0.3, 0.4) is 0 Å². The van der Waals surface area contributed by atoms with Crippen molar-refractivity contribution >= 4 is 34.7 Å². The largest absolute Gasteiger partial charge is 0.369 e. The van der Waals surface area contributed by atoms with Crippen LogP contribution in [0, 0.1) is 9.39 Å². The lowest BCUT2D eigenvalue weighted by molar-refractivity contribution is 0.613. The Labute approximate surface area is 89.8 Å². The van der Waals surface area contributed by atoms with E-state index in [1.54, 1.807) is 17.3 Å². The third-order valence-corrected chi connectivity index (χ3v) is 2.04. The van der Waals surface area contributed by atoms with Gasteiger partial charge in [-0.2, -0.15) is 0 Å². The van der Waals surface area contributed by atoms with Gasteiger partial charge >= 0.3 is 0 Å². The van der Waals surface area contributed by atoms with Crippen LogP contribution in [-0.2, 0) is 0 Å². The van der Waals surface area contributed by atoms with Crippen molar-refractivity contribution < 1.29 is 4.39 Å². The van der Waals surface area contributed by atoms with E-state index in [1.807, 2.05) is 36.7 Å². The van der Waals surface area contributed by atoms with Gasteiger partial charge in [0.1, 0.15) is 0 Å². The van der Waals surface area contributed by atoms with Gasteiger partial charge in [0.25, 0.3) is 0 Å². The fourth-order valence-electron chi connectivity index (χ4n) is 0.649. The lowest BCUT2D eigenvalue weighted by Gasteiger charge is -2.01. The topological polar surface area (TPSA) is 28.5 Å². The highest BCUT2D eigenvalue weighted by molar-refractivity contribution is 14.1. The van der Waals surface area contributed by atoms with E-state index in [9.17, 15) is 4.39 Å². The number of nitrogens with zero attached hydrogens (tertiary/aromatic N) is 3. The van der Waals surface area contributed by atoms with Crippen molar-refractivity contribution in [3.05, 3.63) is 21.7 Å². The molecule has 1 heterocycles. The molecule has 1 aromatic rings. The van der Waals surface area contributed by atoms with Crippen LogP contribution in [0.4, 0.5) is 10.2 Å². The molecule has 1 aromatic heterocycles. The highest BCUT2D eigenvalue weighted by Crippen LogP contribution is 2.15. The van der Waals surface area contributed by atoms with Gasteiger partial charge in [0.2, 0.25) is 0 Å². The molecule has 0 atom stereocenters. The number of pyridine rings is 1. The van der Waals surface area contributed by atoms with E-state index in [2.05, 4.69) is 9.98 Å². The second-order valence-corrected chi connectivity index (χ2v) is 3.83. The summed E-state index contributed by atoms with van der Waals surface area (Å²) in [7, 11) is 3.72. The fourth-order valence-corrected chi connectivity index (χ4v) is 1.07. The minimum atomic E-state index is -0.315. The van der Waals surface area contributed by atoms with Gasteiger partial charge in [0.15, 0.2) is 11.6 Å². The van der Waals surface area contributed by atoms with Crippen molar-refractivity contribution in [2.24, 2.45) is 4.99 Å². The summed E-state index contributed by atoms with van der Waals surface area (Å²) in [5.74, 6) is 0.198. The number of hydrogen-bond donors (Lipinski definition) is 0. The Kier molecular flexibility index (Phi) is 3.58. The van der Waals surface area contributed by atoms with Crippen molar-refractivity contribution in [2.45, 2.75) is 0 Å². The molecule has 0 N–H and O–H groups in total. The summed E-state index contributed by atoms with van der Waals surface area (Å²) in [6, 6.07) is 1.59. The first-order chi connectivity index (χ1) is 6.09. The molecule has 3 nitrogen and oxygen atoms in total. The van der Waals surface area contributed by atoms with E-state index in [4.69, 9.17) is 0 Å². The molecular weight excluding hydrogens is 284 g/mol. The van der Waals surface area contributed by atoms with Crippen LogP contribution in [0.25, 0.3) is 0 Å². The van der Waals surface area contributed by atoms with Crippen LogP contribution in [-0.4, -0.2) is 30.3 Å². The van der Waals surface area contributed by atoms with E-state index >= 15 is 0 Å². The Hall–Kier alpha value is -0.720. The molecule has 13 heavy (non-hydrogen) atoms. The fraction of sp³-hybridized carbons (Fsp3) is 0.250. The lowest BCUT2D eigenvalue weighted by atomic mass is 10.4. The van der Waals surface area contributed by atoms with Crippen LogP contribution in [0.15, 0.2) is 17.3 Å². The Balaban J connectivity index is 2.85. The monoisotopic (exact) mass is 293 g/mol. The lowest BCUT2D eigenvalue weighted by Crippen LogP contribution is -2.07. The van der Waals surface area contributed by atoms with Crippen molar-refractivity contribution in [2.75, 3.05) is 14.1 Å². The van der Waals surface area contributed by atoms with E-state index in [0.29, 0.717) is 9.39 Å². The molecule has 0 aliphatic carbocycles. The van der Waals surface area contributed by atoms with Crippen LogP contribution < -0.4 is 0 Å². The number of halogens is 2. The van der Waals surface area contributed by atoms with Gasteiger partial charge in [-0.05, 0) is 28.7 Å². The predicted molar refractivity (Wildman–Crippen MR) is 58.8 cm³/mol. The van der Waals surface area contributed by atoms with E-state index in [0.717, 1.165) is 0 Å². The molecule has 70 valence electrons. The molecule has 0 fully saturated rings. The normalized spacial score (nSPS) is 10.8. The summed E-state index contributed by atoms with van der Waals surface area (Å²) in [6.45, 7) is 0. The van der Waals surface area contributed by atoms with Gasteiger partial charge in [0.05, 0.1) is 16.1 Å². The molecule has 1 rings (SSSR count). The van der Waals surface area contributed by atoms with Gasteiger partial charge < -0.3 is 4.90 Å². The zero-order chi connectivity index (χ0) is 9.84. The van der Waals surface area contributed by atoms with E-state index in [-0.39, 0.29) is 5.82 Å². The van der Waals surface area contributed by atoms with Gasteiger partial charge in [-0.3, -0.25) is 0 Å². The summed E-state index contributed by atoms with van der Waals surface area (Å²) < 4.78 is 13.3. The van der Waals surface area contributed by atoms with Gasteiger partial charge in [-0.1, -0.05) is 0 Å². The molecule has 0 aliphatic heterocycles. The molecule has 0 bridgehead atoms. The summed E-state index contributed by atoms with van der Waals surface area (Å²) in [4.78, 5) is 9.62. The molecule has 0 saturated carbocycles. The van der Waals surface area contributed by atoms with Gasteiger partial charge in [-0.25, -0.2) is 14.4 Å². The Morgan fingerprint density at radius 1 is 1.62 bits per heavy atom. The quantitative estimate of drug-likeness (QED) is 0.474. The average molecular weight is 293 g/mol. The molecule has 0 radical (unpaired) electrons. The zero-order valence-electron chi connectivity index (χ0n) is 7.33. The molecule has 0 spiro atoms. The third kappa shape index (κ3) is 3.25. The predicted octanol–water partition coefficient (Wildman–Crippen LogP) is 2.05. The molecular formula is C8H9FIN3. The van der Waals surface area contributed by atoms with Crippen LogP contribution in [0.1, 0.15) is 0 Å². The SMILES string of the molecule is CN(C)/C=N/c1cc(I)c(F)cn1. The van der Waals surface area contributed by atoms with Crippen LogP contribution in [0.2, 0.25) is 0 Å². The van der Waals surface area contributed by atoms with Gasteiger partial charge in [-0.15, -0.1) is 0 Å². The second-order valence-electron chi connectivity index (χ2n) is 2.66. The van der Waals surface area contributed by atoms with Crippen molar-refractivity contribution in [3.8, 4) is 0 Å². The van der Waals surface area contributed by atoms with E-state index in [1.165, 1.54) is 6.20 Å². The molecule has 0 aliphatic rings. The highest BCUT2D eigenvalue weighted by Gasteiger charge is 1.99. The maximum absolute atomic E-state index is 12.8. The minimum absolute atomic E-state index is 0.315. The number of hydrogen-bond acceptors (Lipinski definition) is 2. The molecule has 0 unspecified atom stereocenters. The standard InChI is InChI=1S/C8H9FIN3/c1-13(2)5-12-8-3-7(10)6(9)4-11-8/h3-5H,1-2H3/b12-5+. The first-order valence-electron chi connectivity index (χ1n) is 3.61. The Morgan fingerprint density at radius 2 is 2.31 bits per heavy atom. The summed E-state index contributed by atoms with van der Waals surface area (Å²) in [5.41, 5.74) is 0. The smallest absolute Gasteiger partial charge is 0.154 e. The third-order valence-electron chi connectivity index (χ3n) is 1.22. The maximum atomic E-state index is 12.8. The van der Waals surface area contributed by atoms with Gasteiger partial charge in [0, 0.05) is 14.1 Å². The molecule has 0 aromatic carbocycles. The zero-order valence-corrected chi connectivity index (χ0v) is 9.49. The highest BCUT2D eigenvalue weighted by atomic mass is 127. The summed E-state index contributed by atoms with van der Waals surface area (Å²) in [6.07, 6.45) is 2.79. The van der Waals surface area contributed by atoms with Crippen LogP contribution >= 0.6 is 22.6 Å². The van der Waals surface area contributed by atoms with E-state index < -0.39 is 0 Å². The number of rotatable bonds is 2. The van der Waals surface area contributed by atoms with Crippen molar-refractivity contribution in [1.82, 2.24) is 9.88 Å². The van der Waals surface area contributed by atoms with Crippen LogP contribution in [0.5, 0.6) is 0 Å². The summed E-state index contributed by atoms with van der Waals surface area (Å²) in [5, 5.41) is 0. The molecule has 5 heteroatoms. The average Bonchev–Trinajstić information content (AvgIpc) is 2.07. The molecule has 0 amide bonds. The Morgan fingerprint density at radius 3 is 2.85 bits per heavy atom.